The first-order valence-electron chi connectivity index (χ1n) is 16.5. The van der Waals surface area contributed by atoms with Crippen molar-refractivity contribution in [3.8, 4) is 11.5 Å². The zero-order valence-electron chi connectivity index (χ0n) is 32.5. The van der Waals surface area contributed by atoms with Crippen molar-refractivity contribution in [2.75, 3.05) is 0 Å². The molecule has 288 valence electrons. The van der Waals surface area contributed by atoms with Gasteiger partial charge in [-0.05, 0) is 69.2 Å². The van der Waals surface area contributed by atoms with Gasteiger partial charge in [0.1, 0.15) is 34.8 Å². The topological polar surface area (TPSA) is 65.2 Å². The summed E-state index contributed by atoms with van der Waals surface area (Å²) in [5.74, 6) is -2.46. The summed E-state index contributed by atoms with van der Waals surface area (Å²) in [5.41, 5.74) is 4.40. The van der Waals surface area contributed by atoms with Crippen LogP contribution >= 0.6 is 24.8 Å². The molecule has 2 N–H and O–H groups in total. The molecule has 0 radical (unpaired) electrons. The van der Waals surface area contributed by atoms with Gasteiger partial charge >= 0.3 is 0 Å². The second-order valence-electron chi connectivity index (χ2n) is 16.7. The predicted octanol–water partition coefficient (Wildman–Crippen LogP) is 12.9. The first kappa shape index (κ1) is 49.8. The number of phenols is 2. The number of hydrogen-bond acceptors (Lipinski definition) is 4. The largest absolute Gasteiger partial charge is 0.507 e. The van der Waals surface area contributed by atoms with Crippen LogP contribution in [0.1, 0.15) is 116 Å². The molecule has 0 aromatic heterocycles. The average Bonchev–Trinajstić information content (AvgIpc) is 2.93. The quantitative estimate of drug-likeness (QED) is 0.122. The van der Waals surface area contributed by atoms with Crippen molar-refractivity contribution < 1.29 is 49.5 Å². The monoisotopic (exact) mass is 810 g/mol. The Labute approximate surface area is 340 Å². The molecule has 4 nitrogen and oxygen atoms in total. The average molecular weight is 812 g/mol. The minimum atomic E-state index is -0.685. The maximum absolute atomic E-state index is 13.3. The molecular weight excluding hydrogens is 759 g/mol. The fourth-order valence-electron chi connectivity index (χ4n) is 5.04. The van der Waals surface area contributed by atoms with Crippen molar-refractivity contribution in [2.45, 2.75) is 105 Å². The Morgan fingerprint density at radius 1 is 0.434 bits per heavy atom. The third kappa shape index (κ3) is 14.2. The number of benzene rings is 4. The molecule has 0 unspecified atom stereocenters. The van der Waals surface area contributed by atoms with Crippen molar-refractivity contribution in [2.24, 2.45) is 9.98 Å². The number of aromatic hydroxyl groups is 2. The van der Waals surface area contributed by atoms with Gasteiger partial charge in [-0.1, -0.05) is 95.2 Å². The molecule has 0 heterocycles. The van der Waals surface area contributed by atoms with Crippen LogP contribution in [-0.4, -0.2) is 22.6 Å². The third-order valence-corrected chi connectivity index (χ3v) is 8.03. The van der Waals surface area contributed by atoms with Crippen molar-refractivity contribution in [1.29, 1.82) is 0 Å². The minimum Gasteiger partial charge on any atom is -0.507 e. The van der Waals surface area contributed by atoms with E-state index < -0.39 is 23.3 Å². The molecule has 11 heteroatoms. The maximum atomic E-state index is 13.3. The summed E-state index contributed by atoms with van der Waals surface area (Å²) >= 11 is 0. The number of halogens is 6. The third-order valence-electron chi connectivity index (χ3n) is 8.03. The van der Waals surface area contributed by atoms with Crippen LogP contribution in [0.3, 0.4) is 0 Å². The van der Waals surface area contributed by atoms with Crippen molar-refractivity contribution in [3.63, 3.8) is 0 Å². The Balaban J connectivity index is 0.000000966. The number of aliphatic imine (C=N–C) groups is 2. The molecule has 0 bridgehead atoms. The number of phenolic OH excluding ortho intramolecular Hbond substituents is 2. The molecular formula is C42H52Cl2F4N2O2Ti. The normalized spacial score (nSPS) is 12.1. The van der Waals surface area contributed by atoms with Gasteiger partial charge in [0.2, 0.25) is 0 Å². The van der Waals surface area contributed by atoms with Crippen molar-refractivity contribution in [1.82, 2.24) is 0 Å². The predicted molar refractivity (Wildman–Crippen MR) is 213 cm³/mol. The van der Waals surface area contributed by atoms with Crippen LogP contribution < -0.4 is 0 Å². The molecule has 53 heavy (non-hydrogen) atoms. The van der Waals surface area contributed by atoms with E-state index in [9.17, 15) is 27.8 Å². The van der Waals surface area contributed by atoms with Gasteiger partial charge in [0.25, 0.3) is 0 Å². The van der Waals surface area contributed by atoms with E-state index >= 15 is 0 Å². The number of nitrogens with zero attached hydrogens (tertiary/aromatic N) is 2. The number of hydrogen-bond donors (Lipinski definition) is 2. The molecule has 0 aliphatic rings. The summed E-state index contributed by atoms with van der Waals surface area (Å²) in [5, 5.41) is 21.3. The molecule has 4 aromatic rings. The maximum Gasteiger partial charge on any atom is 0.128 e. The Bertz CT molecular complexity index is 1740. The molecule has 4 rings (SSSR count). The SMILES string of the molecule is CC(C)(C)c1cc(C=Nc2cc(F)cc(F)c2)c(O)c(C(C)(C)C)c1.CC(C)(C)c1cc(C=Nc2cc(F)cc(F)c2)c(O)c(C(C)(C)C)c1.Cl.Cl.[Ti]. The van der Waals surface area contributed by atoms with E-state index in [1.54, 1.807) is 0 Å². The molecule has 0 aliphatic carbocycles. The molecule has 0 spiro atoms. The van der Waals surface area contributed by atoms with Gasteiger partial charge in [0, 0.05) is 68.5 Å². The van der Waals surface area contributed by atoms with Crippen LogP contribution in [0.2, 0.25) is 0 Å². The van der Waals surface area contributed by atoms with E-state index in [0.717, 1.165) is 58.7 Å². The Hall–Kier alpha value is -3.17. The molecule has 0 fully saturated rings. The van der Waals surface area contributed by atoms with Crippen molar-refractivity contribution in [3.05, 3.63) is 117 Å². The zero-order chi connectivity index (χ0) is 38.0. The summed E-state index contributed by atoms with van der Waals surface area (Å²) in [6, 6.07) is 13.9. The van der Waals surface area contributed by atoms with Gasteiger partial charge in [-0.15, -0.1) is 24.8 Å². The molecule has 0 atom stereocenters. The minimum absolute atomic E-state index is 0. The summed E-state index contributed by atoms with van der Waals surface area (Å²) < 4.78 is 53.2. The van der Waals surface area contributed by atoms with Gasteiger partial charge in [0.15, 0.2) is 0 Å². The Kier molecular flexibility index (Phi) is 17.8. The van der Waals surface area contributed by atoms with Gasteiger partial charge in [0.05, 0.1) is 11.4 Å². The molecule has 0 amide bonds. The first-order valence-corrected chi connectivity index (χ1v) is 16.5. The summed E-state index contributed by atoms with van der Waals surface area (Å²) in [6.07, 6.45) is 2.90. The molecule has 0 aliphatic heterocycles. The van der Waals surface area contributed by atoms with Gasteiger partial charge in [-0.2, -0.15) is 0 Å². The summed E-state index contributed by atoms with van der Waals surface area (Å²) in [6.45, 7) is 24.7. The second kappa shape index (κ2) is 18.9. The Morgan fingerprint density at radius 3 is 0.925 bits per heavy atom. The van der Waals surface area contributed by atoms with E-state index in [0.29, 0.717) is 11.1 Å². The first-order chi connectivity index (χ1) is 22.8. The van der Waals surface area contributed by atoms with Gasteiger partial charge < -0.3 is 10.2 Å². The van der Waals surface area contributed by atoms with Crippen molar-refractivity contribution >= 4 is 48.6 Å². The fourth-order valence-corrected chi connectivity index (χ4v) is 5.04. The standard InChI is InChI=1S/2C21H25F2NO.2ClH.Ti/c2*1-20(2,3)14-7-13(19(25)18(8-14)21(4,5)6)12-24-17-10-15(22)9-16(23)11-17;;;/h2*7-12,25H,1-6H3;2*1H;. The fraction of sp³-hybridized carbons (Fsp3) is 0.381. The van der Waals surface area contributed by atoms with Gasteiger partial charge in [-0.25, -0.2) is 17.6 Å². The summed E-state index contributed by atoms with van der Waals surface area (Å²) in [7, 11) is 0. The Morgan fingerprint density at radius 2 is 0.698 bits per heavy atom. The smallest absolute Gasteiger partial charge is 0.128 e. The van der Waals surface area contributed by atoms with E-state index in [1.807, 2.05) is 65.8 Å². The second-order valence-corrected chi connectivity index (χ2v) is 16.7. The van der Waals surface area contributed by atoms with E-state index in [-0.39, 0.29) is 91.1 Å². The van der Waals surface area contributed by atoms with E-state index in [1.165, 1.54) is 12.4 Å². The van der Waals surface area contributed by atoms with Crippen LogP contribution in [0.25, 0.3) is 0 Å². The van der Waals surface area contributed by atoms with Crippen LogP contribution in [0.5, 0.6) is 11.5 Å². The number of rotatable bonds is 4. The zero-order valence-corrected chi connectivity index (χ0v) is 35.7. The molecule has 4 aromatic carbocycles. The van der Waals surface area contributed by atoms with E-state index in [2.05, 4.69) is 51.5 Å². The van der Waals surface area contributed by atoms with Crippen LogP contribution in [0.4, 0.5) is 28.9 Å². The molecule has 0 saturated heterocycles. The summed E-state index contributed by atoms with van der Waals surface area (Å²) in [4.78, 5) is 8.28. The van der Waals surface area contributed by atoms with Gasteiger partial charge in [-0.3, -0.25) is 9.98 Å². The van der Waals surface area contributed by atoms with Crippen LogP contribution in [0.15, 0.2) is 70.6 Å². The van der Waals surface area contributed by atoms with E-state index in [4.69, 9.17) is 0 Å². The van der Waals surface area contributed by atoms with Crippen LogP contribution in [-0.2, 0) is 43.4 Å². The molecule has 0 saturated carbocycles. The van der Waals surface area contributed by atoms with Crippen LogP contribution in [0, 0.1) is 23.3 Å².